The van der Waals surface area contributed by atoms with Crippen molar-refractivity contribution in [2.24, 2.45) is 7.05 Å². The van der Waals surface area contributed by atoms with Crippen molar-refractivity contribution < 1.29 is 9.53 Å². The van der Waals surface area contributed by atoms with E-state index in [-0.39, 0.29) is 17.7 Å². The second kappa shape index (κ2) is 9.49. The molecular weight excluding hydrogens is 394 g/mol. The molecule has 0 bridgehead atoms. The third-order valence-electron chi connectivity index (χ3n) is 5.47. The fourth-order valence-electron chi connectivity index (χ4n) is 3.92. The largest absolute Gasteiger partial charge is 0.444 e. The smallest absolute Gasteiger partial charge is 0.410 e. The third-order valence-corrected chi connectivity index (χ3v) is 5.47. The van der Waals surface area contributed by atoms with Gasteiger partial charge >= 0.3 is 6.09 Å². The van der Waals surface area contributed by atoms with Crippen LogP contribution in [0, 0.1) is 0 Å². The number of nitrogens with zero attached hydrogens (tertiary/aromatic N) is 5. The summed E-state index contributed by atoms with van der Waals surface area (Å²) in [5.74, 6) is 0.650. The molecule has 168 valence electrons. The molecule has 1 fully saturated rings. The minimum absolute atomic E-state index is 0.0979. The van der Waals surface area contributed by atoms with Crippen LogP contribution < -0.4 is 10.5 Å². The summed E-state index contributed by atoms with van der Waals surface area (Å²) < 4.78 is 7.15. The lowest BCUT2D eigenvalue weighted by Gasteiger charge is -2.32. The molecule has 3 rings (SSSR count). The lowest BCUT2D eigenvalue weighted by atomic mass is 10.1. The Morgan fingerprint density at radius 1 is 1.23 bits per heavy atom. The molecule has 1 atom stereocenters. The van der Waals surface area contributed by atoms with Crippen LogP contribution in [0.4, 0.5) is 10.7 Å². The lowest BCUT2D eigenvalue weighted by Crippen LogP contribution is -2.41. The first-order chi connectivity index (χ1) is 14.7. The van der Waals surface area contributed by atoms with E-state index in [2.05, 4.69) is 16.8 Å². The number of likely N-dealkylation sites (tertiary alicyclic amines) is 1. The second-order valence-electron chi connectivity index (χ2n) is 8.91. The molecular formula is C23H33N5O3. The molecule has 1 unspecified atom stereocenters. The Morgan fingerprint density at radius 2 is 1.94 bits per heavy atom. The van der Waals surface area contributed by atoms with Crippen LogP contribution in [-0.2, 0) is 11.8 Å². The van der Waals surface area contributed by atoms with Gasteiger partial charge in [-0.1, -0.05) is 0 Å². The number of carbonyl (C=O) groups is 1. The first-order valence-corrected chi connectivity index (χ1v) is 10.9. The van der Waals surface area contributed by atoms with Gasteiger partial charge in [-0.2, -0.15) is 0 Å². The molecule has 0 N–H and O–H groups in total. The summed E-state index contributed by atoms with van der Waals surface area (Å²) in [4.78, 5) is 38.1. The Morgan fingerprint density at radius 3 is 2.58 bits per heavy atom. The fraction of sp³-hybridized carbons (Fsp3) is 0.565. The van der Waals surface area contributed by atoms with Crippen molar-refractivity contribution in [3.8, 4) is 11.3 Å². The van der Waals surface area contributed by atoms with Crippen LogP contribution in [0.25, 0.3) is 11.3 Å². The predicted molar refractivity (Wildman–Crippen MR) is 121 cm³/mol. The number of pyridine rings is 1. The molecule has 0 aliphatic carbocycles. The van der Waals surface area contributed by atoms with Gasteiger partial charge in [0.1, 0.15) is 5.60 Å². The van der Waals surface area contributed by atoms with Crippen LogP contribution in [0.5, 0.6) is 0 Å². The number of rotatable bonds is 4. The zero-order valence-corrected chi connectivity index (χ0v) is 19.2. The Bertz CT molecular complexity index is 952. The van der Waals surface area contributed by atoms with Gasteiger partial charge in [0.05, 0.1) is 5.69 Å². The summed E-state index contributed by atoms with van der Waals surface area (Å²) >= 11 is 0. The van der Waals surface area contributed by atoms with Gasteiger partial charge in [-0.3, -0.25) is 14.3 Å². The lowest BCUT2D eigenvalue weighted by molar-refractivity contribution is 0.0256. The molecule has 1 amide bonds. The van der Waals surface area contributed by atoms with Crippen molar-refractivity contribution in [2.75, 3.05) is 24.5 Å². The van der Waals surface area contributed by atoms with Crippen molar-refractivity contribution in [2.45, 2.75) is 58.6 Å². The normalized spacial score (nSPS) is 17.2. The molecule has 2 aromatic heterocycles. The SMILES string of the molecule is CCN(c1nc(-c2ccncc2)cc(=O)n1C)C1CCCN(C(=O)OC(C)(C)C)CC1. The summed E-state index contributed by atoms with van der Waals surface area (Å²) in [6, 6.07) is 5.45. The molecule has 8 nitrogen and oxygen atoms in total. The predicted octanol–water partition coefficient (Wildman–Crippen LogP) is 3.46. The van der Waals surface area contributed by atoms with Gasteiger partial charge in [-0.15, -0.1) is 0 Å². The molecule has 1 saturated heterocycles. The summed E-state index contributed by atoms with van der Waals surface area (Å²) in [5, 5.41) is 0. The van der Waals surface area contributed by atoms with E-state index in [0.29, 0.717) is 24.7 Å². The van der Waals surface area contributed by atoms with Crippen LogP contribution in [-0.4, -0.2) is 56.8 Å². The molecule has 1 aliphatic rings. The maximum Gasteiger partial charge on any atom is 0.410 e. The van der Waals surface area contributed by atoms with Crippen LogP contribution in [0.2, 0.25) is 0 Å². The molecule has 31 heavy (non-hydrogen) atoms. The minimum Gasteiger partial charge on any atom is -0.444 e. The number of amides is 1. The number of carbonyl (C=O) groups excluding carboxylic acids is 1. The average Bonchev–Trinajstić information content (AvgIpc) is 2.97. The standard InChI is InChI=1S/C23H33N5O3/c1-6-28(18-8-7-14-27(15-11-18)22(30)31-23(2,3)4)21-25-19(16-20(29)26(21)5)17-9-12-24-13-10-17/h9-10,12-13,16,18H,6-8,11,14-15H2,1-5H3. The molecule has 0 spiro atoms. The van der Waals surface area contributed by atoms with Crippen LogP contribution in [0.3, 0.4) is 0 Å². The highest BCUT2D eigenvalue weighted by Gasteiger charge is 2.28. The molecule has 0 saturated carbocycles. The van der Waals surface area contributed by atoms with Crippen molar-refractivity contribution in [1.29, 1.82) is 0 Å². The van der Waals surface area contributed by atoms with Gasteiger partial charge < -0.3 is 14.5 Å². The van der Waals surface area contributed by atoms with Crippen LogP contribution in [0.1, 0.15) is 47.0 Å². The van der Waals surface area contributed by atoms with Crippen molar-refractivity contribution in [3.63, 3.8) is 0 Å². The van der Waals surface area contributed by atoms with Crippen LogP contribution >= 0.6 is 0 Å². The topological polar surface area (TPSA) is 80.6 Å². The number of aromatic nitrogens is 3. The molecule has 3 heterocycles. The van der Waals surface area contributed by atoms with Gasteiger partial charge in [0.25, 0.3) is 5.56 Å². The van der Waals surface area contributed by atoms with Gasteiger partial charge in [0.2, 0.25) is 5.95 Å². The third kappa shape index (κ3) is 5.62. The van der Waals surface area contributed by atoms with Gasteiger partial charge in [0.15, 0.2) is 0 Å². The zero-order valence-electron chi connectivity index (χ0n) is 19.2. The maximum absolute atomic E-state index is 12.7. The average molecular weight is 428 g/mol. The van der Waals surface area contributed by atoms with Crippen molar-refractivity contribution in [3.05, 3.63) is 40.9 Å². The van der Waals surface area contributed by atoms with E-state index in [0.717, 1.165) is 31.4 Å². The van der Waals surface area contributed by atoms with Gasteiger partial charge in [0, 0.05) is 56.7 Å². The van der Waals surface area contributed by atoms with E-state index in [1.807, 2.05) is 32.9 Å². The van der Waals surface area contributed by atoms with E-state index in [4.69, 9.17) is 9.72 Å². The van der Waals surface area contributed by atoms with E-state index in [1.54, 1.807) is 35.0 Å². The first-order valence-electron chi connectivity index (χ1n) is 10.9. The van der Waals surface area contributed by atoms with E-state index < -0.39 is 5.60 Å². The highest BCUT2D eigenvalue weighted by Crippen LogP contribution is 2.24. The molecule has 1 aliphatic heterocycles. The monoisotopic (exact) mass is 427 g/mol. The van der Waals surface area contributed by atoms with E-state index >= 15 is 0 Å². The van der Waals surface area contributed by atoms with E-state index in [1.165, 1.54) is 0 Å². The van der Waals surface area contributed by atoms with Gasteiger partial charge in [-0.05, 0) is 59.1 Å². The number of ether oxygens (including phenoxy) is 1. The minimum atomic E-state index is -0.506. The first kappa shape index (κ1) is 22.8. The van der Waals surface area contributed by atoms with Crippen molar-refractivity contribution >= 4 is 12.0 Å². The van der Waals surface area contributed by atoms with E-state index in [9.17, 15) is 9.59 Å². The van der Waals surface area contributed by atoms with Crippen LogP contribution in [0.15, 0.2) is 35.4 Å². The number of hydrogen-bond acceptors (Lipinski definition) is 6. The fourth-order valence-corrected chi connectivity index (χ4v) is 3.92. The quantitative estimate of drug-likeness (QED) is 0.743. The maximum atomic E-state index is 12.7. The summed E-state index contributed by atoms with van der Waals surface area (Å²) in [7, 11) is 1.76. The Labute approximate surface area is 183 Å². The van der Waals surface area contributed by atoms with Crippen molar-refractivity contribution in [1.82, 2.24) is 19.4 Å². The Kier molecular flexibility index (Phi) is 6.97. The highest BCUT2D eigenvalue weighted by molar-refractivity contribution is 5.68. The molecule has 0 aromatic carbocycles. The Hall–Kier alpha value is -2.90. The zero-order chi connectivity index (χ0) is 22.6. The summed E-state index contributed by atoms with van der Waals surface area (Å²) in [5.41, 5.74) is 0.901. The number of hydrogen-bond donors (Lipinski definition) is 0. The Balaban J connectivity index is 1.83. The molecule has 2 aromatic rings. The van der Waals surface area contributed by atoms with Gasteiger partial charge in [-0.25, -0.2) is 9.78 Å². The summed E-state index contributed by atoms with van der Waals surface area (Å²) in [6.45, 7) is 9.73. The summed E-state index contributed by atoms with van der Waals surface area (Å²) in [6.07, 6.45) is 5.72. The molecule has 8 heteroatoms. The molecule has 0 radical (unpaired) electrons. The second-order valence-corrected chi connectivity index (χ2v) is 8.91. The highest BCUT2D eigenvalue weighted by atomic mass is 16.6. The number of anilines is 1.